The average molecular weight is 318 g/mol. The summed E-state index contributed by atoms with van der Waals surface area (Å²) < 4.78 is 47.4. The second-order valence-electron chi connectivity index (χ2n) is 3.94. The smallest absolute Gasteiger partial charge is 0.234 e. The maximum absolute atomic E-state index is 11.7. The third kappa shape index (κ3) is 6.51. The van der Waals surface area contributed by atoms with Crippen LogP contribution in [0.3, 0.4) is 0 Å². The quantitative estimate of drug-likeness (QED) is 0.688. The van der Waals surface area contributed by atoms with Gasteiger partial charge in [-0.05, 0) is 12.1 Å². The molecule has 0 aliphatic carbocycles. The SMILES string of the molecule is CS(=O)(=O)CCS(=O)(=O)Nc1cc(C#CCO)ccn1. The molecule has 1 aromatic heterocycles. The number of hydrogen-bond donors (Lipinski definition) is 2. The monoisotopic (exact) mass is 318 g/mol. The molecule has 0 spiro atoms. The van der Waals surface area contributed by atoms with Crippen LogP contribution in [-0.2, 0) is 19.9 Å². The molecule has 0 fully saturated rings. The molecule has 0 aliphatic heterocycles. The van der Waals surface area contributed by atoms with Crippen LogP contribution in [0.1, 0.15) is 5.56 Å². The minimum absolute atomic E-state index is 0.0447. The number of hydrogen-bond acceptors (Lipinski definition) is 6. The number of sulfone groups is 1. The Labute approximate surface area is 118 Å². The van der Waals surface area contributed by atoms with Crippen LogP contribution in [0.5, 0.6) is 0 Å². The molecule has 1 heterocycles. The second-order valence-corrected chi connectivity index (χ2v) is 8.04. The number of nitrogens with one attached hydrogen (secondary N) is 1. The Morgan fingerprint density at radius 2 is 2.00 bits per heavy atom. The van der Waals surface area contributed by atoms with Crippen LogP contribution in [0.4, 0.5) is 5.82 Å². The molecule has 0 radical (unpaired) electrons. The van der Waals surface area contributed by atoms with Gasteiger partial charge >= 0.3 is 0 Å². The Kier molecular flexibility index (Phi) is 5.50. The Morgan fingerprint density at radius 1 is 1.30 bits per heavy atom. The number of rotatable bonds is 5. The number of aliphatic hydroxyl groups excluding tert-OH is 1. The van der Waals surface area contributed by atoms with Crippen molar-refractivity contribution < 1.29 is 21.9 Å². The van der Waals surface area contributed by atoms with E-state index in [1.807, 2.05) is 0 Å². The first-order valence-corrected chi connectivity index (χ1v) is 9.17. The highest BCUT2D eigenvalue weighted by atomic mass is 32.2. The molecule has 0 aliphatic rings. The van der Waals surface area contributed by atoms with E-state index in [1.54, 1.807) is 6.07 Å². The summed E-state index contributed by atoms with van der Waals surface area (Å²) in [6.07, 6.45) is 2.32. The van der Waals surface area contributed by atoms with Gasteiger partial charge in [0.25, 0.3) is 0 Å². The van der Waals surface area contributed by atoms with Crippen molar-refractivity contribution in [2.45, 2.75) is 0 Å². The summed E-state index contributed by atoms with van der Waals surface area (Å²) in [5.41, 5.74) is 0.481. The summed E-state index contributed by atoms with van der Waals surface area (Å²) >= 11 is 0. The van der Waals surface area contributed by atoms with E-state index in [1.165, 1.54) is 12.3 Å². The van der Waals surface area contributed by atoms with E-state index in [4.69, 9.17) is 5.11 Å². The fourth-order valence-corrected chi connectivity index (χ4v) is 3.80. The van der Waals surface area contributed by atoms with Crippen molar-refractivity contribution in [2.75, 3.05) is 29.1 Å². The van der Waals surface area contributed by atoms with E-state index < -0.39 is 31.4 Å². The van der Waals surface area contributed by atoms with E-state index in [2.05, 4.69) is 21.5 Å². The summed E-state index contributed by atoms with van der Waals surface area (Å²) in [7, 11) is -7.15. The lowest BCUT2D eigenvalue weighted by atomic mass is 10.2. The molecule has 0 amide bonds. The normalized spacial score (nSPS) is 11.5. The zero-order valence-corrected chi connectivity index (χ0v) is 12.3. The van der Waals surface area contributed by atoms with Crippen LogP contribution in [0.2, 0.25) is 0 Å². The molecule has 0 saturated carbocycles. The van der Waals surface area contributed by atoms with Crippen LogP contribution in [0.25, 0.3) is 0 Å². The van der Waals surface area contributed by atoms with Gasteiger partial charge in [0.1, 0.15) is 22.3 Å². The van der Waals surface area contributed by atoms with Crippen molar-refractivity contribution in [2.24, 2.45) is 0 Å². The predicted molar refractivity (Wildman–Crippen MR) is 75.3 cm³/mol. The Morgan fingerprint density at radius 3 is 2.60 bits per heavy atom. The summed E-state index contributed by atoms with van der Waals surface area (Å²) in [4.78, 5) is 3.81. The van der Waals surface area contributed by atoms with Gasteiger partial charge in [-0.25, -0.2) is 21.8 Å². The average Bonchev–Trinajstić information content (AvgIpc) is 2.33. The van der Waals surface area contributed by atoms with Gasteiger partial charge in [0.15, 0.2) is 0 Å². The van der Waals surface area contributed by atoms with Crippen LogP contribution >= 0.6 is 0 Å². The summed E-state index contributed by atoms with van der Waals surface area (Å²) in [5, 5.41) is 8.57. The fourth-order valence-electron chi connectivity index (χ4n) is 1.18. The van der Waals surface area contributed by atoms with Crippen molar-refractivity contribution in [3.63, 3.8) is 0 Å². The van der Waals surface area contributed by atoms with Crippen molar-refractivity contribution in [3.8, 4) is 11.8 Å². The lowest BCUT2D eigenvalue weighted by molar-refractivity contribution is 0.350. The molecule has 2 N–H and O–H groups in total. The molecule has 0 atom stereocenters. The van der Waals surface area contributed by atoms with E-state index in [9.17, 15) is 16.8 Å². The minimum Gasteiger partial charge on any atom is -0.384 e. The zero-order chi connectivity index (χ0) is 15.2. The topological polar surface area (TPSA) is 113 Å². The van der Waals surface area contributed by atoms with Gasteiger partial charge in [0.2, 0.25) is 10.0 Å². The highest BCUT2D eigenvalue weighted by Crippen LogP contribution is 2.08. The molecule has 1 rings (SSSR count). The molecule has 7 nitrogen and oxygen atoms in total. The van der Waals surface area contributed by atoms with Crippen LogP contribution in [-0.4, -0.2) is 51.3 Å². The molecule has 0 aromatic carbocycles. The van der Waals surface area contributed by atoms with Crippen LogP contribution in [0.15, 0.2) is 18.3 Å². The van der Waals surface area contributed by atoms with Gasteiger partial charge in [-0.15, -0.1) is 0 Å². The highest BCUT2D eigenvalue weighted by Gasteiger charge is 2.15. The third-order valence-electron chi connectivity index (χ3n) is 2.05. The molecule has 0 bridgehead atoms. The molecular formula is C11H14N2O5S2. The van der Waals surface area contributed by atoms with E-state index >= 15 is 0 Å². The molecule has 0 unspecified atom stereocenters. The second kappa shape index (κ2) is 6.69. The van der Waals surface area contributed by atoms with Gasteiger partial charge in [0, 0.05) is 18.0 Å². The molecular weight excluding hydrogens is 304 g/mol. The van der Waals surface area contributed by atoms with E-state index in [-0.39, 0.29) is 12.4 Å². The Balaban J connectivity index is 2.82. The van der Waals surface area contributed by atoms with E-state index in [0.717, 1.165) is 6.26 Å². The lowest BCUT2D eigenvalue weighted by Gasteiger charge is -2.06. The minimum atomic E-state index is -3.79. The van der Waals surface area contributed by atoms with Crippen LogP contribution < -0.4 is 4.72 Å². The maximum Gasteiger partial charge on any atom is 0.234 e. The number of aromatic nitrogens is 1. The first-order valence-electron chi connectivity index (χ1n) is 5.46. The lowest BCUT2D eigenvalue weighted by Crippen LogP contribution is -2.22. The fraction of sp³-hybridized carbons (Fsp3) is 0.364. The number of sulfonamides is 1. The van der Waals surface area contributed by atoms with Crippen molar-refractivity contribution in [1.82, 2.24) is 4.98 Å². The molecule has 110 valence electrons. The van der Waals surface area contributed by atoms with Gasteiger partial charge in [-0.1, -0.05) is 11.8 Å². The van der Waals surface area contributed by atoms with Gasteiger partial charge in [-0.3, -0.25) is 4.72 Å². The maximum atomic E-state index is 11.7. The first kappa shape index (κ1) is 16.4. The van der Waals surface area contributed by atoms with Gasteiger partial charge < -0.3 is 5.11 Å². The number of pyridine rings is 1. The standard InChI is InChI=1S/C11H14N2O5S2/c1-19(15,16)7-8-20(17,18)13-11-9-10(3-2-6-14)4-5-12-11/h4-5,9,14H,6-8H2,1H3,(H,12,13). The summed E-state index contributed by atoms with van der Waals surface area (Å²) in [5.74, 6) is 4.06. The number of anilines is 1. The third-order valence-corrected chi connectivity index (χ3v) is 4.52. The largest absolute Gasteiger partial charge is 0.384 e. The van der Waals surface area contributed by atoms with Gasteiger partial charge in [-0.2, -0.15) is 0 Å². The van der Waals surface area contributed by atoms with Crippen LogP contribution in [0, 0.1) is 11.8 Å². The molecule has 20 heavy (non-hydrogen) atoms. The predicted octanol–water partition coefficient (Wildman–Crippen LogP) is -0.788. The highest BCUT2D eigenvalue weighted by molar-refractivity contribution is 7.95. The molecule has 0 saturated heterocycles. The number of nitrogens with zero attached hydrogens (tertiary/aromatic N) is 1. The van der Waals surface area contributed by atoms with Crippen molar-refractivity contribution in [1.29, 1.82) is 0 Å². The molecule has 1 aromatic rings. The summed E-state index contributed by atoms with van der Waals surface area (Å²) in [6.45, 7) is -0.308. The van der Waals surface area contributed by atoms with Gasteiger partial charge in [0.05, 0.1) is 11.5 Å². The first-order chi connectivity index (χ1) is 9.22. The summed E-state index contributed by atoms with van der Waals surface area (Å²) in [6, 6.07) is 2.94. The zero-order valence-electron chi connectivity index (χ0n) is 10.7. The van der Waals surface area contributed by atoms with Crippen molar-refractivity contribution in [3.05, 3.63) is 23.9 Å². The Hall–Kier alpha value is -1.63. The molecule has 9 heteroatoms. The Bertz CT molecular complexity index is 730. The number of aliphatic hydroxyl groups is 1. The van der Waals surface area contributed by atoms with Crippen molar-refractivity contribution >= 4 is 25.7 Å². The van der Waals surface area contributed by atoms with E-state index in [0.29, 0.717) is 5.56 Å².